The van der Waals surface area contributed by atoms with Gasteiger partial charge in [0.05, 0.1) is 6.61 Å². The fraction of sp³-hybridized carbons (Fsp3) is 0.839. The number of unbranched alkanes of at least 4 members (excludes halogenated alkanes) is 39. The van der Waals surface area contributed by atoms with Gasteiger partial charge in [0.25, 0.3) is 0 Å². The highest BCUT2D eigenvalue weighted by Gasteiger charge is 2.16. The predicted octanol–water partition coefficient (Wildman–Crippen LogP) is 20.0. The van der Waals surface area contributed by atoms with Crippen LogP contribution in [-0.4, -0.2) is 36.4 Å². The summed E-state index contributed by atoms with van der Waals surface area (Å²) in [7, 11) is 0. The fourth-order valence-electron chi connectivity index (χ4n) is 8.85. The standard InChI is InChI=1S/C62H114O5/c1-3-5-7-9-11-13-15-17-19-21-22-23-24-25-26-27-28-29-30-31-32-33-34-35-36-37-38-39-40-41-43-45-47-49-51-53-55-57-62(65)67-60(58-63)59-66-61(64)56-54-52-50-48-46-44-42-20-18-16-14-12-10-8-6-4-2/h14-17,20-22,42,60,63H,3-13,18-19,23-41,43-59H2,1-2H3/b16-14-,17-15-,22-21-,42-20-. The van der Waals surface area contributed by atoms with Crippen molar-refractivity contribution in [1.82, 2.24) is 0 Å². The molecular weight excluding hydrogens is 825 g/mol. The van der Waals surface area contributed by atoms with E-state index in [1.165, 1.54) is 231 Å². The first kappa shape index (κ1) is 64.9. The largest absolute Gasteiger partial charge is 0.462 e. The van der Waals surface area contributed by atoms with Crippen LogP contribution in [0, 0.1) is 0 Å². The molecule has 0 fully saturated rings. The van der Waals surface area contributed by atoms with Crippen molar-refractivity contribution in [2.45, 2.75) is 322 Å². The second kappa shape index (κ2) is 58.2. The molecular formula is C62H114O5. The lowest BCUT2D eigenvalue weighted by Crippen LogP contribution is -2.28. The van der Waals surface area contributed by atoms with Gasteiger partial charge in [0, 0.05) is 12.8 Å². The average molecular weight is 940 g/mol. The zero-order valence-electron chi connectivity index (χ0n) is 44.9. The van der Waals surface area contributed by atoms with Crippen molar-refractivity contribution in [3.63, 3.8) is 0 Å². The predicted molar refractivity (Wildman–Crippen MR) is 293 cm³/mol. The summed E-state index contributed by atoms with van der Waals surface area (Å²) in [5.74, 6) is -0.593. The number of carbonyl (C=O) groups excluding carboxylic acids is 2. The highest BCUT2D eigenvalue weighted by Crippen LogP contribution is 2.17. The van der Waals surface area contributed by atoms with E-state index in [9.17, 15) is 14.7 Å². The minimum Gasteiger partial charge on any atom is -0.462 e. The van der Waals surface area contributed by atoms with Crippen LogP contribution in [0.15, 0.2) is 48.6 Å². The normalized spacial score (nSPS) is 12.5. The Labute approximate surface area is 418 Å². The highest BCUT2D eigenvalue weighted by molar-refractivity contribution is 5.70. The Balaban J connectivity index is 3.39. The molecule has 1 atom stereocenters. The molecule has 0 bridgehead atoms. The molecule has 0 aromatic rings. The molecule has 0 spiro atoms. The maximum absolute atomic E-state index is 12.3. The van der Waals surface area contributed by atoms with E-state index in [1.807, 2.05) is 0 Å². The Hall–Kier alpha value is -2.14. The minimum absolute atomic E-state index is 0.0700. The third kappa shape index (κ3) is 56.3. The van der Waals surface area contributed by atoms with E-state index in [-0.39, 0.29) is 25.2 Å². The van der Waals surface area contributed by atoms with Gasteiger partial charge in [-0.15, -0.1) is 0 Å². The number of allylic oxidation sites excluding steroid dienone is 8. The third-order valence-electron chi connectivity index (χ3n) is 13.3. The molecule has 0 aromatic carbocycles. The lowest BCUT2D eigenvalue weighted by atomic mass is 10.0. The van der Waals surface area contributed by atoms with Gasteiger partial charge in [0.2, 0.25) is 0 Å². The van der Waals surface area contributed by atoms with Crippen LogP contribution in [0.25, 0.3) is 0 Å². The molecule has 0 saturated heterocycles. The van der Waals surface area contributed by atoms with Crippen LogP contribution in [-0.2, 0) is 19.1 Å². The number of aliphatic hydroxyl groups excluding tert-OH is 1. The number of esters is 2. The number of ether oxygens (including phenoxy) is 2. The SMILES string of the molecule is CCCCCC/C=C\C/C=C\CCCCCCCC(=O)OCC(CO)OC(=O)CCCCCCCCCCCCCCCCCCCCCCCCCCC/C=C\C/C=C\CCCCCCC. The molecule has 0 amide bonds. The van der Waals surface area contributed by atoms with E-state index in [2.05, 4.69) is 62.5 Å². The summed E-state index contributed by atoms with van der Waals surface area (Å²) in [5.41, 5.74) is 0. The Kier molecular flexibility index (Phi) is 56.3. The van der Waals surface area contributed by atoms with Crippen LogP contribution in [0.4, 0.5) is 0 Å². The molecule has 0 aliphatic carbocycles. The molecule has 0 heterocycles. The first-order chi connectivity index (χ1) is 33.1. The van der Waals surface area contributed by atoms with Crippen LogP contribution in [0.3, 0.4) is 0 Å². The molecule has 0 saturated carbocycles. The molecule has 0 rings (SSSR count). The van der Waals surface area contributed by atoms with E-state index < -0.39 is 6.10 Å². The summed E-state index contributed by atoms with van der Waals surface area (Å²) in [6.07, 6.45) is 76.8. The zero-order valence-corrected chi connectivity index (χ0v) is 44.9. The van der Waals surface area contributed by atoms with Crippen molar-refractivity contribution < 1.29 is 24.2 Å². The van der Waals surface area contributed by atoms with Gasteiger partial charge in [-0.3, -0.25) is 9.59 Å². The minimum atomic E-state index is -0.776. The molecule has 5 heteroatoms. The van der Waals surface area contributed by atoms with E-state index >= 15 is 0 Å². The third-order valence-corrected chi connectivity index (χ3v) is 13.3. The van der Waals surface area contributed by atoms with Gasteiger partial charge in [-0.1, -0.05) is 274 Å². The van der Waals surface area contributed by atoms with Crippen LogP contribution < -0.4 is 0 Å². The molecule has 392 valence electrons. The van der Waals surface area contributed by atoms with Crippen LogP contribution >= 0.6 is 0 Å². The fourth-order valence-corrected chi connectivity index (χ4v) is 8.85. The molecule has 1 N–H and O–H groups in total. The van der Waals surface area contributed by atoms with Crippen molar-refractivity contribution in [3.05, 3.63) is 48.6 Å². The number of hydrogen-bond donors (Lipinski definition) is 1. The molecule has 67 heavy (non-hydrogen) atoms. The van der Waals surface area contributed by atoms with Gasteiger partial charge in [0.1, 0.15) is 6.61 Å². The molecule has 0 radical (unpaired) electrons. The maximum atomic E-state index is 12.3. The summed E-state index contributed by atoms with van der Waals surface area (Å²) in [4.78, 5) is 24.5. The first-order valence-electron chi connectivity index (χ1n) is 29.7. The Morgan fingerprint density at radius 1 is 0.343 bits per heavy atom. The summed E-state index contributed by atoms with van der Waals surface area (Å²) in [6.45, 7) is 4.13. The summed E-state index contributed by atoms with van der Waals surface area (Å²) >= 11 is 0. The van der Waals surface area contributed by atoms with E-state index in [4.69, 9.17) is 9.47 Å². The quantitative estimate of drug-likeness (QED) is 0.0374. The second-order valence-electron chi connectivity index (χ2n) is 20.1. The van der Waals surface area contributed by atoms with Crippen LogP contribution in [0.5, 0.6) is 0 Å². The van der Waals surface area contributed by atoms with Crippen molar-refractivity contribution in [2.75, 3.05) is 13.2 Å². The van der Waals surface area contributed by atoms with E-state index in [0.717, 1.165) is 57.8 Å². The molecule has 5 nitrogen and oxygen atoms in total. The molecule has 1 unspecified atom stereocenters. The highest BCUT2D eigenvalue weighted by atomic mass is 16.6. The Morgan fingerprint density at radius 2 is 0.597 bits per heavy atom. The number of carbonyl (C=O) groups is 2. The van der Waals surface area contributed by atoms with Gasteiger partial charge in [0.15, 0.2) is 6.10 Å². The average Bonchev–Trinajstić information content (AvgIpc) is 3.33. The number of rotatable bonds is 55. The van der Waals surface area contributed by atoms with Crippen LogP contribution in [0.1, 0.15) is 316 Å². The topological polar surface area (TPSA) is 72.8 Å². The lowest BCUT2D eigenvalue weighted by Gasteiger charge is -2.15. The molecule has 0 aliphatic rings. The number of aliphatic hydroxyl groups is 1. The van der Waals surface area contributed by atoms with Gasteiger partial charge < -0.3 is 14.6 Å². The van der Waals surface area contributed by atoms with Crippen molar-refractivity contribution >= 4 is 11.9 Å². The summed E-state index contributed by atoms with van der Waals surface area (Å²) in [5, 5.41) is 9.64. The second-order valence-corrected chi connectivity index (χ2v) is 20.1. The Morgan fingerprint density at radius 3 is 0.896 bits per heavy atom. The number of hydrogen-bond acceptors (Lipinski definition) is 5. The van der Waals surface area contributed by atoms with E-state index in [0.29, 0.717) is 12.8 Å². The van der Waals surface area contributed by atoms with Gasteiger partial charge in [-0.25, -0.2) is 0 Å². The zero-order chi connectivity index (χ0) is 48.5. The summed E-state index contributed by atoms with van der Waals surface area (Å²) in [6, 6.07) is 0. The van der Waals surface area contributed by atoms with Gasteiger partial charge in [-0.05, 0) is 77.0 Å². The van der Waals surface area contributed by atoms with Crippen LogP contribution in [0.2, 0.25) is 0 Å². The summed E-state index contributed by atoms with van der Waals surface area (Å²) < 4.78 is 10.7. The monoisotopic (exact) mass is 939 g/mol. The van der Waals surface area contributed by atoms with Crippen molar-refractivity contribution in [2.24, 2.45) is 0 Å². The molecule has 0 aliphatic heterocycles. The first-order valence-corrected chi connectivity index (χ1v) is 29.7. The van der Waals surface area contributed by atoms with Gasteiger partial charge in [-0.2, -0.15) is 0 Å². The Bertz CT molecular complexity index is 1110. The van der Waals surface area contributed by atoms with Crippen molar-refractivity contribution in [1.29, 1.82) is 0 Å². The maximum Gasteiger partial charge on any atom is 0.306 e. The van der Waals surface area contributed by atoms with Crippen molar-refractivity contribution in [3.8, 4) is 0 Å². The van der Waals surface area contributed by atoms with E-state index in [1.54, 1.807) is 0 Å². The molecule has 0 aromatic heterocycles. The van der Waals surface area contributed by atoms with Gasteiger partial charge >= 0.3 is 11.9 Å². The smallest absolute Gasteiger partial charge is 0.306 e. The lowest BCUT2D eigenvalue weighted by molar-refractivity contribution is -0.161.